The minimum atomic E-state index is -0.364. The maximum Gasteiger partial charge on any atom is 0.241 e. The molecular weight excluding hydrogens is 324 g/mol. The number of amides is 1. The number of hydrogen-bond donors (Lipinski definition) is 1. The Morgan fingerprint density at radius 3 is 2.88 bits per heavy atom. The lowest BCUT2D eigenvalue weighted by Gasteiger charge is -2.33. The van der Waals surface area contributed by atoms with Gasteiger partial charge in [-0.15, -0.1) is 11.3 Å². The van der Waals surface area contributed by atoms with Crippen LogP contribution >= 0.6 is 11.3 Å². The van der Waals surface area contributed by atoms with E-state index in [-0.39, 0.29) is 11.9 Å². The number of thiophene rings is 1. The molecule has 3 heterocycles. The van der Waals surface area contributed by atoms with E-state index in [0.29, 0.717) is 31.2 Å². The van der Waals surface area contributed by atoms with E-state index in [1.54, 1.807) is 11.3 Å². The smallest absolute Gasteiger partial charge is 0.241 e. The molecule has 1 unspecified atom stereocenters. The van der Waals surface area contributed by atoms with Crippen molar-refractivity contribution in [3.05, 3.63) is 58.8 Å². The fourth-order valence-electron chi connectivity index (χ4n) is 3.02. The molecule has 1 aliphatic rings. The van der Waals surface area contributed by atoms with Crippen molar-refractivity contribution >= 4 is 17.2 Å². The minimum Gasteiger partial charge on any atom is -0.368 e. The SMILES string of the molecule is NC(=O)C1Cc2ccccc2CN1Cc1nc(-c2cccs2)no1. The summed E-state index contributed by atoms with van der Waals surface area (Å²) in [6.07, 6.45) is 0.609. The second kappa shape index (κ2) is 6.18. The monoisotopic (exact) mass is 340 g/mol. The zero-order valence-electron chi connectivity index (χ0n) is 12.9. The van der Waals surface area contributed by atoms with E-state index in [1.807, 2.05) is 40.6 Å². The van der Waals surface area contributed by atoms with Crippen LogP contribution < -0.4 is 5.73 Å². The van der Waals surface area contributed by atoms with Crippen LogP contribution in [0.5, 0.6) is 0 Å². The number of primary amides is 1. The third kappa shape index (κ3) is 2.83. The number of nitrogens with zero attached hydrogens (tertiary/aromatic N) is 3. The Morgan fingerprint density at radius 2 is 2.12 bits per heavy atom. The van der Waals surface area contributed by atoms with Crippen molar-refractivity contribution < 1.29 is 9.32 Å². The predicted octanol–water partition coefficient (Wildman–Crippen LogP) is 2.21. The quantitative estimate of drug-likeness (QED) is 0.787. The minimum absolute atomic E-state index is 0.331. The Bertz CT molecular complexity index is 859. The number of hydrogen-bond acceptors (Lipinski definition) is 6. The summed E-state index contributed by atoms with van der Waals surface area (Å²) in [7, 11) is 0. The second-order valence-electron chi connectivity index (χ2n) is 5.79. The van der Waals surface area contributed by atoms with Crippen LogP contribution in [0.15, 0.2) is 46.3 Å². The lowest BCUT2D eigenvalue weighted by Crippen LogP contribution is -2.48. The predicted molar refractivity (Wildman–Crippen MR) is 90.0 cm³/mol. The van der Waals surface area contributed by atoms with E-state index in [2.05, 4.69) is 16.2 Å². The van der Waals surface area contributed by atoms with E-state index in [4.69, 9.17) is 10.3 Å². The third-order valence-electron chi connectivity index (χ3n) is 4.22. The van der Waals surface area contributed by atoms with E-state index in [1.165, 1.54) is 11.1 Å². The van der Waals surface area contributed by atoms with E-state index in [9.17, 15) is 4.79 Å². The lowest BCUT2D eigenvalue weighted by molar-refractivity contribution is -0.124. The van der Waals surface area contributed by atoms with E-state index in [0.717, 1.165) is 4.88 Å². The number of carbonyl (C=O) groups is 1. The summed E-state index contributed by atoms with van der Waals surface area (Å²) in [6, 6.07) is 11.6. The molecule has 0 saturated carbocycles. The molecule has 2 aromatic heterocycles. The molecule has 0 saturated heterocycles. The number of nitrogens with two attached hydrogens (primary N) is 1. The third-order valence-corrected chi connectivity index (χ3v) is 5.09. The topological polar surface area (TPSA) is 85.3 Å². The highest BCUT2D eigenvalue weighted by molar-refractivity contribution is 7.13. The zero-order valence-corrected chi connectivity index (χ0v) is 13.7. The highest BCUT2D eigenvalue weighted by atomic mass is 32.1. The number of aromatic nitrogens is 2. The molecule has 1 amide bonds. The first-order chi connectivity index (χ1) is 11.7. The molecule has 0 radical (unpaired) electrons. The fraction of sp³-hybridized carbons (Fsp3) is 0.235. The molecule has 6 nitrogen and oxygen atoms in total. The first kappa shape index (κ1) is 15.0. The number of carbonyl (C=O) groups excluding carboxylic acids is 1. The van der Waals surface area contributed by atoms with Crippen LogP contribution in [-0.4, -0.2) is 27.0 Å². The molecule has 3 aromatic rings. The standard InChI is InChI=1S/C17H16N4O2S/c18-16(22)13-8-11-4-1-2-5-12(11)9-21(13)10-15-19-17(20-23-15)14-6-3-7-24-14/h1-7,13H,8-10H2,(H2,18,22). The largest absolute Gasteiger partial charge is 0.368 e. The summed E-state index contributed by atoms with van der Waals surface area (Å²) in [5, 5.41) is 5.99. The van der Waals surface area contributed by atoms with Gasteiger partial charge in [0.25, 0.3) is 0 Å². The Kier molecular flexibility index (Phi) is 3.87. The first-order valence-corrected chi connectivity index (χ1v) is 8.55. The van der Waals surface area contributed by atoms with Gasteiger partial charge >= 0.3 is 0 Å². The van der Waals surface area contributed by atoms with Gasteiger partial charge in [0.05, 0.1) is 17.5 Å². The molecule has 1 atom stereocenters. The van der Waals surface area contributed by atoms with Gasteiger partial charge in [-0.25, -0.2) is 0 Å². The Hall–Kier alpha value is -2.51. The van der Waals surface area contributed by atoms with Crippen LogP contribution in [0.1, 0.15) is 17.0 Å². The van der Waals surface area contributed by atoms with Gasteiger partial charge in [0.2, 0.25) is 17.6 Å². The van der Waals surface area contributed by atoms with Crippen molar-refractivity contribution in [1.29, 1.82) is 0 Å². The van der Waals surface area contributed by atoms with Crippen LogP contribution in [0.3, 0.4) is 0 Å². The molecule has 0 bridgehead atoms. The van der Waals surface area contributed by atoms with Crippen molar-refractivity contribution in [3.63, 3.8) is 0 Å². The van der Waals surface area contributed by atoms with Gasteiger partial charge in [-0.05, 0) is 29.0 Å². The van der Waals surface area contributed by atoms with Crippen LogP contribution in [0.2, 0.25) is 0 Å². The maximum absolute atomic E-state index is 11.9. The van der Waals surface area contributed by atoms with E-state index < -0.39 is 0 Å². The van der Waals surface area contributed by atoms with Gasteiger partial charge in [-0.2, -0.15) is 4.98 Å². The summed E-state index contributed by atoms with van der Waals surface area (Å²) in [5.74, 6) is 0.736. The second-order valence-corrected chi connectivity index (χ2v) is 6.73. The first-order valence-electron chi connectivity index (χ1n) is 7.67. The van der Waals surface area contributed by atoms with Crippen LogP contribution in [0, 0.1) is 0 Å². The molecule has 0 spiro atoms. The summed E-state index contributed by atoms with van der Waals surface area (Å²) in [4.78, 5) is 19.3. The molecule has 24 heavy (non-hydrogen) atoms. The fourth-order valence-corrected chi connectivity index (χ4v) is 3.67. The maximum atomic E-state index is 11.9. The Morgan fingerprint density at radius 1 is 1.29 bits per heavy atom. The number of fused-ring (bicyclic) bond motifs is 1. The van der Waals surface area contributed by atoms with Crippen LogP contribution in [-0.2, 0) is 24.3 Å². The highest BCUT2D eigenvalue weighted by Crippen LogP contribution is 2.26. The van der Waals surface area contributed by atoms with Gasteiger partial charge in [-0.1, -0.05) is 35.5 Å². The Labute approximate surface area is 142 Å². The van der Waals surface area contributed by atoms with Gasteiger partial charge in [-0.3, -0.25) is 9.69 Å². The lowest BCUT2D eigenvalue weighted by atomic mass is 9.93. The normalized spacial score (nSPS) is 17.6. The number of benzene rings is 1. The van der Waals surface area contributed by atoms with Crippen molar-refractivity contribution in [2.24, 2.45) is 5.73 Å². The molecular formula is C17H16N4O2S. The van der Waals surface area contributed by atoms with Crippen LogP contribution in [0.4, 0.5) is 0 Å². The molecule has 0 aliphatic carbocycles. The molecule has 7 heteroatoms. The van der Waals surface area contributed by atoms with Gasteiger partial charge in [0, 0.05) is 6.54 Å². The highest BCUT2D eigenvalue weighted by Gasteiger charge is 2.31. The van der Waals surface area contributed by atoms with Crippen molar-refractivity contribution in [2.45, 2.75) is 25.6 Å². The molecule has 4 rings (SSSR count). The van der Waals surface area contributed by atoms with Gasteiger partial charge < -0.3 is 10.3 Å². The van der Waals surface area contributed by atoms with Crippen molar-refractivity contribution in [1.82, 2.24) is 15.0 Å². The van der Waals surface area contributed by atoms with Crippen molar-refractivity contribution in [2.75, 3.05) is 0 Å². The zero-order chi connectivity index (χ0) is 16.5. The summed E-state index contributed by atoms with van der Waals surface area (Å²) >= 11 is 1.56. The summed E-state index contributed by atoms with van der Waals surface area (Å²) in [5.41, 5.74) is 7.98. The molecule has 0 fully saturated rings. The van der Waals surface area contributed by atoms with Gasteiger partial charge in [0.1, 0.15) is 0 Å². The summed E-state index contributed by atoms with van der Waals surface area (Å²) in [6.45, 7) is 1.04. The number of rotatable bonds is 4. The van der Waals surface area contributed by atoms with Crippen LogP contribution in [0.25, 0.3) is 10.7 Å². The van der Waals surface area contributed by atoms with Crippen molar-refractivity contribution in [3.8, 4) is 10.7 Å². The average molecular weight is 340 g/mol. The molecule has 1 aliphatic heterocycles. The summed E-state index contributed by atoms with van der Waals surface area (Å²) < 4.78 is 5.36. The molecule has 122 valence electrons. The average Bonchev–Trinajstić information content (AvgIpc) is 3.25. The Balaban J connectivity index is 1.57. The van der Waals surface area contributed by atoms with Gasteiger partial charge in [0.15, 0.2) is 0 Å². The van der Waals surface area contributed by atoms with E-state index >= 15 is 0 Å². The molecule has 2 N–H and O–H groups in total. The molecule has 1 aromatic carbocycles.